The van der Waals surface area contributed by atoms with Crippen molar-refractivity contribution < 1.29 is 14.4 Å². The van der Waals surface area contributed by atoms with Crippen molar-refractivity contribution in [3.8, 4) is 0 Å². The van der Waals surface area contributed by atoms with Crippen LogP contribution in [0.4, 0.5) is 0 Å². The molecule has 27 heavy (non-hydrogen) atoms. The van der Waals surface area contributed by atoms with E-state index >= 15 is 0 Å². The lowest BCUT2D eigenvalue weighted by molar-refractivity contribution is -0.126. The number of carbonyl (C=O) groups is 2. The number of hydrogen-bond donors (Lipinski definition) is 0. The van der Waals surface area contributed by atoms with Crippen molar-refractivity contribution in [3.05, 3.63) is 83.9 Å². The predicted molar refractivity (Wildman–Crippen MR) is 104 cm³/mol. The average molecular weight is 362 g/mol. The van der Waals surface area contributed by atoms with Gasteiger partial charge in [0.05, 0.1) is 11.6 Å². The summed E-state index contributed by atoms with van der Waals surface area (Å²) in [4.78, 5) is 31.5. The third-order valence-electron chi connectivity index (χ3n) is 4.38. The number of rotatable bonds is 4. The summed E-state index contributed by atoms with van der Waals surface area (Å²) in [5.74, 6) is -0.374. The number of nitrogens with zero attached hydrogens (tertiary/aromatic N) is 2. The second-order valence-electron chi connectivity index (χ2n) is 6.34. The summed E-state index contributed by atoms with van der Waals surface area (Å²) in [5, 5.41) is 4.11. The van der Waals surface area contributed by atoms with E-state index in [9.17, 15) is 9.59 Å². The van der Waals surface area contributed by atoms with Crippen molar-refractivity contribution in [2.75, 3.05) is 0 Å². The third kappa shape index (κ3) is 4.70. The molecule has 1 atom stereocenters. The fraction of sp³-hybridized carbons (Fsp3) is 0.227. The molecule has 0 fully saturated rings. The molecule has 1 amide bonds. The highest BCUT2D eigenvalue weighted by atomic mass is 16.7. The van der Waals surface area contributed by atoms with Gasteiger partial charge in [0, 0.05) is 12.5 Å². The van der Waals surface area contributed by atoms with Gasteiger partial charge < -0.3 is 4.84 Å². The van der Waals surface area contributed by atoms with Crippen LogP contribution in [0.15, 0.2) is 78.0 Å². The molecule has 1 aliphatic carbocycles. The van der Waals surface area contributed by atoms with Crippen LogP contribution in [0.3, 0.4) is 0 Å². The second-order valence-corrected chi connectivity index (χ2v) is 6.34. The first-order chi connectivity index (χ1) is 13.2. The van der Waals surface area contributed by atoms with Crippen LogP contribution in [-0.2, 0) is 9.63 Å². The van der Waals surface area contributed by atoms with Crippen LogP contribution in [0.1, 0.15) is 42.1 Å². The molecule has 138 valence electrons. The van der Waals surface area contributed by atoms with Gasteiger partial charge in [-0.25, -0.2) is 4.79 Å². The standard InChI is InChI=1S/C22H22N2O3/c1-17(25)24(20-15-9-4-10-16-20)21(18-11-5-2-6-12-18)23-27-22(26)19-13-7-3-8-14-19/h2-3,5-9,11-15,20H,4,10,16H2,1H3/b23-21+. The number of amidine groups is 1. The van der Waals surface area contributed by atoms with E-state index in [4.69, 9.17) is 4.84 Å². The van der Waals surface area contributed by atoms with Gasteiger partial charge in [0.25, 0.3) is 0 Å². The Hall–Kier alpha value is -3.21. The Morgan fingerprint density at radius 2 is 1.63 bits per heavy atom. The average Bonchev–Trinajstić information content (AvgIpc) is 2.72. The molecule has 0 spiro atoms. The minimum Gasteiger partial charge on any atom is -0.311 e. The van der Waals surface area contributed by atoms with Gasteiger partial charge in [0.15, 0.2) is 5.84 Å². The molecule has 0 saturated carbocycles. The summed E-state index contributed by atoms with van der Waals surface area (Å²) in [5.41, 5.74) is 1.12. The molecule has 0 bridgehead atoms. The number of hydrogen-bond acceptors (Lipinski definition) is 4. The smallest absolute Gasteiger partial charge is 0.311 e. The Morgan fingerprint density at radius 1 is 1.00 bits per heavy atom. The van der Waals surface area contributed by atoms with E-state index in [1.54, 1.807) is 29.2 Å². The number of carbonyl (C=O) groups excluding carboxylic acids is 2. The van der Waals surface area contributed by atoms with E-state index in [0.717, 1.165) is 19.3 Å². The monoisotopic (exact) mass is 362 g/mol. The molecule has 0 heterocycles. The van der Waals surface area contributed by atoms with E-state index in [2.05, 4.69) is 11.2 Å². The van der Waals surface area contributed by atoms with Crippen LogP contribution in [0.5, 0.6) is 0 Å². The zero-order chi connectivity index (χ0) is 19.1. The minimum atomic E-state index is -0.563. The van der Waals surface area contributed by atoms with Crippen molar-refractivity contribution in [2.45, 2.75) is 32.2 Å². The summed E-state index contributed by atoms with van der Waals surface area (Å²) in [6, 6.07) is 17.8. The van der Waals surface area contributed by atoms with Gasteiger partial charge in [0.2, 0.25) is 5.91 Å². The molecule has 1 aliphatic rings. The molecule has 0 aromatic heterocycles. The molecule has 3 rings (SSSR count). The lowest BCUT2D eigenvalue weighted by Gasteiger charge is -2.31. The van der Waals surface area contributed by atoms with Crippen LogP contribution in [-0.4, -0.2) is 28.7 Å². The van der Waals surface area contributed by atoms with Crippen molar-refractivity contribution in [2.24, 2.45) is 5.16 Å². The molecule has 0 saturated heterocycles. The molecular weight excluding hydrogens is 340 g/mol. The quantitative estimate of drug-likeness (QED) is 0.270. The molecular formula is C22H22N2O3. The van der Waals surface area contributed by atoms with E-state index in [0.29, 0.717) is 17.0 Å². The molecule has 5 heteroatoms. The Kier molecular flexibility index (Phi) is 6.15. The molecule has 0 radical (unpaired) electrons. The third-order valence-corrected chi connectivity index (χ3v) is 4.38. The SMILES string of the molecule is CC(=O)N(/C(=N/OC(=O)c1ccccc1)c1ccccc1)C1C=CCCC1. The number of oxime groups is 1. The molecule has 1 unspecified atom stereocenters. The Labute approximate surface area is 158 Å². The van der Waals surface area contributed by atoms with Gasteiger partial charge in [-0.2, -0.15) is 0 Å². The fourth-order valence-electron chi connectivity index (χ4n) is 3.08. The van der Waals surface area contributed by atoms with Crippen LogP contribution in [0.25, 0.3) is 0 Å². The lowest BCUT2D eigenvalue weighted by atomic mass is 10.00. The zero-order valence-corrected chi connectivity index (χ0v) is 15.2. The highest BCUT2D eigenvalue weighted by Gasteiger charge is 2.27. The number of benzene rings is 2. The Morgan fingerprint density at radius 3 is 2.19 bits per heavy atom. The lowest BCUT2D eigenvalue weighted by Crippen LogP contribution is -2.44. The normalized spacial score (nSPS) is 16.6. The zero-order valence-electron chi connectivity index (χ0n) is 15.2. The number of allylic oxidation sites excluding steroid dienone is 1. The van der Waals surface area contributed by atoms with Gasteiger partial charge in [-0.3, -0.25) is 9.69 Å². The molecule has 0 N–H and O–H groups in total. The van der Waals surface area contributed by atoms with Crippen molar-refractivity contribution in [3.63, 3.8) is 0 Å². The van der Waals surface area contributed by atoms with Crippen LogP contribution >= 0.6 is 0 Å². The second kappa shape index (κ2) is 8.94. The van der Waals surface area contributed by atoms with Gasteiger partial charge >= 0.3 is 5.97 Å². The van der Waals surface area contributed by atoms with Crippen molar-refractivity contribution in [1.82, 2.24) is 4.90 Å². The Balaban J connectivity index is 1.95. The predicted octanol–water partition coefficient (Wildman–Crippen LogP) is 4.16. The summed E-state index contributed by atoms with van der Waals surface area (Å²) >= 11 is 0. The topological polar surface area (TPSA) is 59.0 Å². The van der Waals surface area contributed by atoms with E-state index in [1.165, 1.54) is 6.92 Å². The van der Waals surface area contributed by atoms with Crippen LogP contribution < -0.4 is 0 Å². The molecule has 2 aromatic rings. The Bertz CT molecular complexity index is 844. The van der Waals surface area contributed by atoms with Crippen LogP contribution in [0, 0.1) is 0 Å². The van der Waals surface area contributed by atoms with Gasteiger partial charge in [-0.1, -0.05) is 65.8 Å². The maximum Gasteiger partial charge on any atom is 0.365 e. The maximum absolute atomic E-state index is 12.4. The van der Waals surface area contributed by atoms with Gasteiger partial charge in [0.1, 0.15) is 0 Å². The number of amides is 1. The summed E-state index contributed by atoms with van der Waals surface area (Å²) in [6.07, 6.45) is 6.93. The first kappa shape index (κ1) is 18.6. The summed E-state index contributed by atoms with van der Waals surface area (Å²) < 4.78 is 0. The highest BCUT2D eigenvalue weighted by molar-refractivity contribution is 6.08. The molecule has 0 aliphatic heterocycles. The fourth-order valence-corrected chi connectivity index (χ4v) is 3.08. The largest absolute Gasteiger partial charge is 0.365 e. The van der Waals surface area contributed by atoms with E-state index < -0.39 is 5.97 Å². The summed E-state index contributed by atoms with van der Waals surface area (Å²) in [7, 11) is 0. The van der Waals surface area contributed by atoms with Crippen molar-refractivity contribution in [1.29, 1.82) is 0 Å². The maximum atomic E-state index is 12.4. The van der Waals surface area contributed by atoms with Crippen LogP contribution in [0.2, 0.25) is 0 Å². The van der Waals surface area contributed by atoms with Crippen molar-refractivity contribution >= 4 is 17.7 Å². The first-order valence-electron chi connectivity index (χ1n) is 9.03. The molecule has 2 aromatic carbocycles. The minimum absolute atomic E-state index is 0.106. The van der Waals surface area contributed by atoms with E-state index in [1.807, 2.05) is 42.5 Å². The summed E-state index contributed by atoms with van der Waals surface area (Å²) in [6.45, 7) is 1.50. The van der Waals surface area contributed by atoms with Gasteiger partial charge in [-0.15, -0.1) is 0 Å². The highest BCUT2D eigenvalue weighted by Crippen LogP contribution is 2.20. The first-order valence-corrected chi connectivity index (χ1v) is 9.03. The van der Waals surface area contributed by atoms with Gasteiger partial charge in [-0.05, 0) is 31.4 Å². The molecule has 5 nitrogen and oxygen atoms in total. The van der Waals surface area contributed by atoms with E-state index in [-0.39, 0.29) is 11.9 Å².